The Bertz CT molecular complexity index is 540. The number of benzene rings is 1. The van der Waals surface area contributed by atoms with Crippen LogP contribution in [0.3, 0.4) is 0 Å². The average Bonchev–Trinajstić information content (AvgIpc) is 2.80. The molecule has 0 aliphatic carbocycles. The van der Waals surface area contributed by atoms with Gasteiger partial charge < -0.3 is 5.32 Å². The zero-order chi connectivity index (χ0) is 13.1. The van der Waals surface area contributed by atoms with Crippen LogP contribution in [0.25, 0.3) is 0 Å². The second-order valence-electron chi connectivity index (χ2n) is 4.19. The van der Waals surface area contributed by atoms with Crippen molar-refractivity contribution in [3.8, 4) is 0 Å². The van der Waals surface area contributed by atoms with Crippen molar-refractivity contribution in [1.82, 2.24) is 0 Å². The van der Waals surface area contributed by atoms with Crippen molar-refractivity contribution in [2.24, 2.45) is 0 Å². The first-order valence-corrected chi connectivity index (χ1v) is 6.91. The molecule has 1 heterocycles. The van der Waals surface area contributed by atoms with E-state index in [0.717, 1.165) is 21.7 Å². The Morgan fingerprint density at radius 2 is 2.17 bits per heavy atom. The third kappa shape index (κ3) is 2.92. The van der Waals surface area contributed by atoms with E-state index in [9.17, 15) is 4.79 Å². The Labute approximate surface area is 116 Å². The fourth-order valence-corrected chi connectivity index (χ4v) is 2.89. The van der Waals surface area contributed by atoms with Gasteiger partial charge >= 0.3 is 0 Å². The van der Waals surface area contributed by atoms with Crippen LogP contribution in [-0.4, -0.2) is 12.3 Å². The monoisotopic (exact) mass is 279 g/mol. The van der Waals surface area contributed by atoms with Crippen molar-refractivity contribution in [2.45, 2.75) is 13.8 Å². The van der Waals surface area contributed by atoms with E-state index in [2.05, 4.69) is 5.32 Å². The van der Waals surface area contributed by atoms with Crippen molar-refractivity contribution < 1.29 is 4.79 Å². The molecule has 18 heavy (non-hydrogen) atoms. The zero-order valence-electron chi connectivity index (χ0n) is 10.3. The Morgan fingerprint density at radius 3 is 2.78 bits per heavy atom. The SMILES string of the molecule is Cc1cc(C)c(NCC(=O)c2cccs2)c(Cl)c1. The van der Waals surface area contributed by atoms with E-state index in [-0.39, 0.29) is 12.3 Å². The number of hydrogen-bond acceptors (Lipinski definition) is 3. The molecule has 0 amide bonds. The molecule has 0 spiro atoms. The van der Waals surface area contributed by atoms with Crippen LogP contribution in [0.1, 0.15) is 20.8 Å². The minimum atomic E-state index is 0.0843. The van der Waals surface area contributed by atoms with Gasteiger partial charge in [0.15, 0.2) is 5.78 Å². The smallest absolute Gasteiger partial charge is 0.191 e. The summed E-state index contributed by atoms with van der Waals surface area (Å²) in [5.74, 6) is 0.0843. The lowest BCUT2D eigenvalue weighted by Crippen LogP contribution is -2.13. The second kappa shape index (κ2) is 5.55. The Morgan fingerprint density at radius 1 is 1.39 bits per heavy atom. The molecule has 1 N–H and O–H groups in total. The predicted molar refractivity (Wildman–Crippen MR) is 78.1 cm³/mol. The Hall–Kier alpha value is -1.32. The number of Topliss-reactive ketones (excluding diaryl/α,β-unsaturated/α-hetero) is 1. The van der Waals surface area contributed by atoms with E-state index in [0.29, 0.717) is 5.02 Å². The van der Waals surface area contributed by atoms with Gasteiger partial charge in [-0.15, -0.1) is 11.3 Å². The highest BCUT2D eigenvalue weighted by atomic mass is 35.5. The molecule has 0 atom stereocenters. The molecular formula is C14H14ClNOS. The minimum absolute atomic E-state index is 0.0843. The molecule has 2 rings (SSSR count). The highest BCUT2D eigenvalue weighted by Gasteiger charge is 2.09. The Kier molecular flexibility index (Phi) is 4.04. The summed E-state index contributed by atoms with van der Waals surface area (Å²) in [4.78, 5) is 12.6. The van der Waals surface area contributed by atoms with Crippen LogP contribution in [0, 0.1) is 13.8 Å². The van der Waals surface area contributed by atoms with E-state index in [1.54, 1.807) is 0 Å². The second-order valence-corrected chi connectivity index (χ2v) is 5.55. The summed E-state index contributed by atoms with van der Waals surface area (Å²) >= 11 is 7.63. The number of rotatable bonds is 4. The van der Waals surface area contributed by atoms with Crippen LogP contribution in [0.15, 0.2) is 29.6 Å². The molecule has 2 aromatic rings. The molecule has 0 fully saturated rings. The molecule has 0 bridgehead atoms. The zero-order valence-corrected chi connectivity index (χ0v) is 11.9. The number of ketones is 1. The summed E-state index contributed by atoms with van der Waals surface area (Å²) < 4.78 is 0. The summed E-state index contributed by atoms with van der Waals surface area (Å²) in [6.07, 6.45) is 0. The molecule has 0 saturated heterocycles. The topological polar surface area (TPSA) is 29.1 Å². The number of anilines is 1. The van der Waals surface area contributed by atoms with Crippen LogP contribution >= 0.6 is 22.9 Å². The minimum Gasteiger partial charge on any atom is -0.376 e. The van der Waals surface area contributed by atoms with Gasteiger partial charge in [-0.25, -0.2) is 0 Å². The standard InChI is InChI=1S/C14H14ClNOS/c1-9-6-10(2)14(11(15)7-9)16-8-12(17)13-4-3-5-18-13/h3-7,16H,8H2,1-2H3. The van der Waals surface area contributed by atoms with Crippen molar-refractivity contribution in [2.75, 3.05) is 11.9 Å². The lowest BCUT2D eigenvalue weighted by molar-refractivity contribution is 0.101. The quantitative estimate of drug-likeness (QED) is 0.845. The molecule has 0 aliphatic rings. The van der Waals surface area contributed by atoms with E-state index in [1.165, 1.54) is 11.3 Å². The van der Waals surface area contributed by atoms with E-state index >= 15 is 0 Å². The molecule has 0 saturated carbocycles. The number of nitrogens with one attached hydrogen (secondary N) is 1. The van der Waals surface area contributed by atoms with Crippen molar-refractivity contribution in [3.05, 3.63) is 50.7 Å². The lowest BCUT2D eigenvalue weighted by Gasteiger charge is -2.11. The highest BCUT2D eigenvalue weighted by molar-refractivity contribution is 7.12. The number of aryl methyl sites for hydroxylation is 2. The van der Waals surface area contributed by atoms with Crippen molar-refractivity contribution in [1.29, 1.82) is 0 Å². The fraction of sp³-hybridized carbons (Fsp3) is 0.214. The summed E-state index contributed by atoms with van der Waals surface area (Å²) in [6, 6.07) is 7.65. The largest absolute Gasteiger partial charge is 0.376 e. The normalized spacial score (nSPS) is 10.4. The maximum absolute atomic E-state index is 11.9. The summed E-state index contributed by atoms with van der Waals surface area (Å²) in [6.45, 7) is 4.25. The van der Waals surface area contributed by atoms with E-state index < -0.39 is 0 Å². The van der Waals surface area contributed by atoms with Gasteiger partial charge in [0.25, 0.3) is 0 Å². The Balaban J connectivity index is 2.09. The molecule has 1 aromatic carbocycles. The van der Waals surface area contributed by atoms with Crippen LogP contribution in [-0.2, 0) is 0 Å². The van der Waals surface area contributed by atoms with Crippen LogP contribution in [0.5, 0.6) is 0 Å². The maximum atomic E-state index is 11.9. The molecule has 0 unspecified atom stereocenters. The third-order valence-corrected chi connectivity index (χ3v) is 3.86. The van der Waals surface area contributed by atoms with Gasteiger partial charge in [-0.3, -0.25) is 4.79 Å². The maximum Gasteiger partial charge on any atom is 0.191 e. The van der Waals surface area contributed by atoms with Gasteiger partial charge in [0.05, 0.1) is 22.1 Å². The number of carbonyl (C=O) groups is 1. The highest BCUT2D eigenvalue weighted by Crippen LogP contribution is 2.27. The average molecular weight is 280 g/mol. The predicted octanol–water partition coefficient (Wildman–Crippen LogP) is 4.31. The van der Waals surface area contributed by atoms with Crippen molar-refractivity contribution in [3.63, 3.8) is 0 Å². The molecule has 0 aliphatic heterocycles. The number of hydrogen-bond donors (Lipinski definition) is 1. The van der Waals surface area contributed by atoms with Crippen molar-refractivity contribution >= 4 is 34.4 Å². The van der Waals surface area contributed by atoms with Gasteiger partial charge in [0.2, 0.25) is 0 Å². The molecular weight excluding hydrogens is 266 g/mol. The summed E-state index contributed by atoms with van der Waals surface area (Å²) in [5.41, 5.74) is 3.01. The first-order valence-electron chi connectivity index (χ1n) is 5.65. The lowest BCUT2D eigenvalue weighted by atomic mass is 10.1. The number of carbonyl (C=O) groups excluding carboxylic acids is 1. The van der Waals surface area contributed by atoms with Gasteiger partial charge in [0.1, 0.15) is 0 Å². The third-order valence-electron chi connectivity index (χ3n) is 2.65. The van der Waals surface area contributed by atoms with E-state index in [1.807, 2.05) is 43.5 Å². The number of halogens is 1. The molecule has 4 heteroatoms. The summed E-state index contributed by atoms with van der Waals surface area (Å²) in [7, 11) is 0. The van der Waals surface area contributed by atoms with E-state index in [4.69, 9.17) is 11.6 Å². The van der Waals surface area contributed by atoms with Gasteiger partial charge in [0, 0.05) is 0 Å². The molecule has 1 aromatic heterocycles. The van der Waals surface area contributed by atoms with Crippen LogP contribution in [0.2, 0.25) is 5.02 Å². The first-order chi connectivity index (χ1) is 8.58. The van der Waals surface area contributed by atoms with Gasteiger partial charge in [-0.05, 0) is 42.5 Å². The first kappa shape index (κ1) is 13.1. The summed E-state index contributed by atoms with van der Waals surface area (Å²) in [5, 5.41) is 5.68. The molecule has 2 nitrogen and oxygen atoms in total. The van der Waals surface area contributed by atoms with Gasteiger partial charge in [-0.1, -0.05) is 23.7 Å². The fourth-order valence-electron chi connectivity index (χ4n) is 1.83. The number of thiophene rings is 1. The molecule has 0 radical (unpaired) electrons. The van der Waals surface area contributed by atoms with Gasteiger partial charge in [-0.2, -0.15) is 0 Å². The van der Waals surface area contributed by atoms with Crippen LogP contribution in [0.4, 0.5) is 5.69 Å². The molecule has 94 valence electrons. The van der Waals surface area contributed by atoms with Crippen LogP contribution < -0.4 is 5.32 Å².